The zero-order valence-electron chi connectivity index (χ0n) is 10.6. The number of hydrogen-bond acceptors (Lipinski definition) is 4. The monoisotopic (exact) mass is 291 g/mol. The zero-order valence-corrected chi connectivity index (χ0v) is 12.1. The molecule has 0 saturated carbocycles. The van der Waals surface area contributed by atoms with Crippen LogP contribution >= 0.6 is 11.6 Å². The average Bonchev–Trinajstić information content (AvgIpc) is 2.32. The number of ether oxygens (including phenoxy) is 1. The second-order valence-electron chi connectivity index (χ2n) is 3.88. The first-order chi connectivity index (χ1) is 8.48. The number of rotatable bonds is 7. The Kier molecular flexibility index (Phi) is 5.91. The number of benzene rings is 1. The molecule has 1 N–H and O–H groups in total. The Morgan fingerprint density at radius 1 is 1.39 bits per heavy atom. The molecule has 4 nitrogen and oxygen atoms in total. The Labute approximate surface area is 113 Å². The maximum atomic E-state index is 11.3. The van der Waals surface area contributed by atoms with Crippen molar-refractivity contribution in [2.75, 3.05) is 25.2 Å². The molecular weight excluding hydrogens is 274 g/mol. The van der Waals surface area contributed by atoms with Crippen molar-refractivity contribution >= 4 is 21.4 Å². The van der Waals surface area contributed by atoms with Crippen LogP contribution in [0.15, 0.2) is 18.2 Å². The van der Waals surface area contributed by atoms with Crippen LogP contribution in [0.4, 0.5) is 0 Å². The fourth-order valence-corrected chi connectivity index (χ4v) is 2.28. The van der Waals surface area contributed by atoms with Gasteiger partial charge in [-0.1, -0.05) is 24.6 Å². The van der Waals surface area contributed by atoms with Gasteiger partial charge in [-0.25, -0.2) is 8.42 Å². The highest BCUT2D eigenvalue weighted by Gasteiger charge is 2.09. The van der Waals surface area contributed by atoms with E-state index in [2.05, 4.69) is 5.32 Å². The lowest BCUT2D eigenvalue weighted by molar-refractivity contribution is 0.341. The van der Waals surface area contributed by atoms with Crippen molar-refractivity contribution in [2.45, 2.75) is 13.5 Å². The predicted molar refractivity (Wildman–Crippen MR) is 74.0 cm³/mol. The molecular formula is C12H18ClNO3S. The zero-order chi connectivity index (χ0) is 13.6. The summed E-state index contributed by atoms with van der Waals surface area (Å²) >= 11 is 6.05. The van der Waals surface area contributed by atoms with E-state index in [-0.39, 0.29) is 18.1 Å². The molecule has 0 fully saturated rings. The largest absolute Gasteiger partial charge is 0.491 e. The van der Waals surface area contributed by atoms with E-state index in [1.807, 2.05) is 19.2 Å². The fourth-order valence-electron chi connectivity index (χ4n) is 1.40. The molecule has 102 valence electrons. The molecule has 0 heterocycles. The molecule has 0 bridgehead atoms. The summed E-state index contributed by atoms with van der Waals surface area (Å²) in [7, 11) is -1.14. The molecule has 0 radical (unpaired) electrons. The van der Waals surface area contributed by atoms with Crippen molar-refractivity contribution in [3.63, 3.8) is 0 Å². The van der Waals surface area contributed by atoms with Crippen LogP contribution in [0.25, 0.3) is 0 Å². The van der Waals surface area contributed by atoms with E-state index in [9.17, 15) is 8.42 Å². The molecule has 1 rings (SSSR count). The Bertz CT molecular complexity index is 488. The molecule has 0 aromatic heterocycles. The Hall–Kier alpha value is -0.780. The van der Waals surface area contributed by atoms with Crippen molar-refractivity contribution < 1.29 is 13.2 Å². The Morgan fingerprint density at radius 3 is 2.67 bits per heavy atom. The van der Waals surface area contributed by atoms with E-state index in [0.717, 1.165) is 12.1 Å². The van der Waals surface area contributed by atoms with Gasteiger partial charge in [0.05, 0.1) is 10.8 Å². The van der Waals surface area contributed by atoms with Crippen molar-refractivity contribution in [1.29, 1.82) is 0 Å². The minimum atomic E-state index is -3.00. The van der Waals surface area contributed by atoms with Crippen molar-refractivity contribution in [3.8, 4) is 5.75 Å². The quantitative estimate of drug-likeness (QED) is 0.833. The highest BCUT2D eigenvalue weighted by Crippen LogP contribution is 2.25. The SMILES string of the molecule is CCS(=O)(=O)CCOc1ccc(CNC)cc1Cl. The van der Waals surface area contributed by atoms with E-state index >= 15 is 0 Å². The number of sulfone groups is 1. The maximum Gasteiger partial charge on any atom is 0.153 e. The molecule has 0 aliphatic carbocycles. The molecule has 1 aromatic rings. The van der Waals surface area contributed by atoms with E-state index in [0.29, 0.717) is 10.8 Å². The molecule has 0 aliphatic heterocycles. The molecule has 1 aromatic carbocycles. The van der Waals surface area contributed by atoms with Crippen LogP contribution in [0.3, 0.4) is 0 Å². The molecule has 6 heteroatoms. The third-order valence-corrected chi connectivity index (χ3v) is 4.43. The molecule has 0 aliphatic rings. The molecule has 18 heavy (non-hydrogen) atoms. The third-order valence-electron chi connectivity index (χ3n) is 2.47. The highest BCUT2D eigenvalue weighted by molar-refractivity contribution is 7.91. The summed E-state index contributed by atoms with van der Waals surface area (Å²) in [4.78, 5) is 0. The Balaban J connectivity index is 2.58. The first-order valence-corrected chi connectivity index (χ1v) is 7.94. The lowest BCUT2D eigenvalue weighted by atomic mass is 10.2. The molecule has 0 saturated heterocycles. The molecule has 0 atom stereocenters. The second-order valence-corrected chi connectivity index (χ2v) is 6.76. The first kappa shape index (κ1) is 15.3. The normalized spacial score (nSPS) is 11.5. The van der Waals surface area contributed by atoms with Crippen LogP contribution in [0.2, 0.25) is 5.02 Å². The minimum Gasteiger partial charge on any atom is -0.491 e. The average molecular weight is 292 g/mol. The summed E-state index contributed by atoms with van der Waals surface area (Å²) in [5.74, 6) is 0.659. The summed E-state index contributed by atoms with van der Waals surface area (Å²) in [6.07, 6.45) is 0. The smallest absolute Gasteiger partial charge is 0.153 e. The van der Waals surface area contributed by atoms with Crippen LogP contribution in [0, 0.1) is 0 Å². The van der Waals surface area contributed by atoms with Gasteiger partial charge in [-0.2, -0.15) is 0 Å². The van der Waals surface area contributed by atoms with Gasteiger partial charge in [0.15, 0.2) is 9.84 Å². The lowest BCUT2D eigenvalue weighted by Crippen LogP contribution is -2.15. The number of hydrogen-bond donors (Lipinski definition) is 1. The topological polar surface area (TPSA) is 55.4 Å². The van der Waals surface area contributed by atoms with Crippen LogP contribution < -0.4 is 10.1 Å². The van der Waals surface area contributed by atoms with Crippen LogP contribution in [0.1, 0.15) is 12.5 Å². The van der Waals surface area contributed by atoms with Gasteiger partial charge in [-0.3, -0.25) is 0 Å². The van der Waals surface area contributed by atoms with E-state index in [4.69, 9.17) is 16.3 Å². The minimum absolute atomic E-state index is 0.0120. The maximum absolute atomic E-state index is 11.3. The van der Waals surface area contributed by atoms with Gasteiger partial charge < -0.3 is 10.1 Å². The van der Waals surface area contributed by atoms with Gasteiger partial charge >= 0.3 is 0 Å². The summed E-state index contributed by atoms with van der Waals surface area (Å²) in [6, 6.07) is 5.46. The summed E-state index contributed by atoms with van der Waals surface area (Å²) in [5.41, 5.74) is 1.05. The fraction of sp³-hybridized carbons (Fsp3) is 0.500. The molecule has 0 spiro atoms. The van der Waals surface area contributed by atoms with Crippen LogP contribution in [-0.2, 0) is 16.4 Å². The van der Waals surface area contributed by atoms with Crippen LogP contribution in [-0.4, -0.2) is 33.6 Å². The number of halogens is 1. The van der Waals surface area contributed by atoms with Gasteiger partial charge in [0.2, 0.25) is 0 Å². The predicted octanol–water partition coefficient (Wildman–Crippen LogP) is 1.87. The van der Waals surface area contributed by atoms with Crippen LogP contribution in [0.5, 0.6) is 5.75 Å². The van der Waals surface area contributed by atoms with Crippen molar-refractivity contribution in [3.05, 3.63) is 28.8 Å². The molecule has 0 amide bonds. The summed E-state index contributed by atoms with van der Waals surface area (Å²) in [5, 5.41) is 3.52. The lowest BCUT2D eigenvalue weighted by Gasteiger charge is -2.09. The number of nitrogens with one attached hydrogen (secondary N) is 1. The van der Waals surface area contributed by atoms with Crippen molar-refractivity contribution in [1.82, 2.24) is 5.32 Å². The van der Waals surface area contributed by atoms with Gasteiger partial charge in [0, 0.05) is 12.3 Å². The third kappa shape index (κ3) is 4.84. The Morgan fingerprint density at radius 2 is 2.11 bits per heavy atom. The van der Waals surface area contributed by atoms with Gasteiger partial charge in [-0.05, 0) is 24.7 Å². The summed E-state index contributed by atoms with van der Waals surface area (Å²) < 4.78 is 28.0. The van der Waals surface area contributed by atoms with E-state index in [1.54, 1.807) is 13.0 Å². The standard InChI is InChI=1S/C12H18ClNO3S/c1-3-18(15,16)7-6-17-12-5-4-10(9-14-2)8-11(12)13/h4-5,8,14H,3,6-7,9H2,1-2H3. The van der Waals surface area contributed by atoms with Gasteiger partial charge in [-0.15, -0.1) is 0 Å². The highest BCUT2D eigenvalue weighted by atomic mass is 35.5. The van der Waals surface area contributed by atoms with E-state index in [1.165, 1.54) is 0 Å². The summed E-state index contributed by atoms with van der Waals surface area (Å²) in [6.45, 7) is 2.47. The van der Waals surface area contributed by atoms with Gasteiger partial charge in [0.25, 0.3) is 0 Å². The second kappa shape index (κ2) is 6.97. The van der Waals surface area contributed by atoms with E-state index < -0.39 is 9.84 Å². The van der Waals surface area contributed by atoms with Gasteiger partial charge in [0.1, 0.15) is 12.4 Å². The first-order valence-electron chi connectivity index (χ1n) is 5.74. The van der Waals surface area contributed by atoms with Crippen molar-refractivity contribution in [2.24, 2.45) is 0 Å². The molecule has 0 unspecified atom stereocenters.